The first-order valence-electron chi connectivity index (χ1n) is 8.04. The molecule has 0 saturated carbocycles. The zero-order valence-corrected chi connectivity index (χ0v) is 17.0. The van der Waals surface area contributed by atoms with Crippen molar-refractivity contribution in [1.29, 1.82) is 0 Å². The Bertz CT molecular complexity index is 886. The Kier molecular flexibility index (Phi) is 7.18. The van der Waals surface area contributed by atoms with Crippen molar-refractivity contribution in [2.75, 3.05) is 22.8 Å². The monoisotopic (exact) mass is 432 g/mol. The van der Waals surface area contributed by atoms with Gasteiger partial charge in [-0.3, -0.25) is 14.8 Å². The SMILES string of the molecule is CS(=O)(=O)Nc1ccc(-c2csc(NC(=O)[C@@H]3CC[C@H](CN)O3)n2)cc1.Cl. The number of carbonyl (C=O) groups excluding carboxylic acids is 1. The number of hydrogen-bond donors (Lipinski definition) is 3. The van der Waals surface area contributed by atoms with Gasteiger partial charge in [0, 0.05) is 23.2 Å². The van der Waals surface area contributed by atoms with Crippen LogP contribution in [0.5, 0.6) is 0 Å². The molecule has 11 heteroatoms. The van der Waals surface area contributed by atoms with Crippen LogP contribution in [0, 0.1) is 0 Å². The first kappa shape index (κ1) is 21.6. The molecule has 2 aromatic rings. The molecule has 1 aliphatic rings. The smallest absolute Gasteiger partial charge is 0.255 e. The average molecular weight is 433 g/mol. The van der Waals surface area contributed by atoms with Gasteiger partial charge in [-0.2, -0.15) is 0 Å². The van der Waals surface area contributed by atoms with Crippen LogP contribution in [-0.4, -0.2) is 44.3 Å². The highest BCUT2D eigenvalue weighted by Gasteiger charge is 2.30. The molecule has 148 valence electrons. The van der Waals surface area contributed by atoms with Crippen molar-refractivity contribution < 1.29 is 17.9 Å². The zero-order chi connectivity index (χ0) is 18.7. The third kappa shape index (κ3) is 5.88. The van der Waals surface area contributed by atoms with Gasteiger partial charge in [0.15, 0.2) is 5.13 Å². The topological polar surface area (TPSA) is 123 Å². The van der Waals surface area contributed by atoms with Gasteiger partial charge in [-0.05, 0) is 25.0 Å². The fourth-order valence-corrected chi connectivity index (χ4v) is 3.93. The Labute approximate surface area is 168 Å². The van der Waals surface area contributed by atoms with E-state index in [0.717, 1.165) is 18.2 Å². The van der Waals surface area contributed by atoms with Crippen LogP contribution in [0.2, 0.25) is 0 Å². The summed E-state index contributed by atoms with van der Waals surface area (Å²) in [5.41, 5.74) is 7.55. The van der Waals surface area contributed by atoms with Gasteiger partial charge >= 0.3 is 0 Å². The molecule has 1 amide bonds. The number of hydrogen-bond acceptors (Lipinski definition) is 7. The van der Waals surface area contributed by atoms with Crippen LogP contribution < -0.4 is 15.8 Å². The van der Waals surface area contributed by atoms with Gasteiger partial charge in [-0.15, -0.1) is 23.7 Å². The maximum absolute atomic E-state index is 12.2. The Hall–Kier alpha value is -1.72. The van der Waals surface area contributed by atoms with Gasteiger partial charge in [0.05, 0.1) is 18.1 Å². The molecule has 0 spiro atoms. The van der Waals surface area contributed by atoms with E-state index in [1.807, 2.05) is 5.38 Å². The Morgan fingerprint density at radius 2 is 2.04 bits per heavy atom. The van der Waals surface area contributed by atoms with Crippen molar-refractivity contribution in [3.8, 4) is 11.3 Å². The highest BCUT2D eigenvalue weighted by molar-refractivity contribution is 7.92. The molecule has 27 heavy (non-hydrogen) atoms. The molecule has 0 radical (unpaired) electrons. The first-order chi connectivity index (χ1) is 12.3. The Balaban J connectivity index is 0.00000261. The largest absolute Gasteiger partial charge is 0.364 e. The van der Waals surface area contributed by atoms with E-state index in [-0.39, 0.29) is 24.4 Å². The summed E-state index contributed by atoms with van der Waals surface area (Å²) in [5, 5.41) is 5.09. The van der Waals surface area contributed by atoms with Crippen molar-refractivity contribution in [3.05, 3.63) is 29.6 Å². The number of ether oxygens (including phenoxy) is 1. The first-order valence-corrected chi connectivity index (χ1v) is 10.8. The van der Waals surface area contributed by atoms with Crippen LogP contribution in [0.15, 0.2) is 29.6 Å². The van der Waals surface area contributed by atoms with Crippen molar-refractivity contribution in [3.63, 3.8) is 0 Å². The zero-order valence-electron chi connectivity index (χ0n) is 14.5. The number of carbonyl (C=O) groups is 1. The number of nitrogens with two attached hydrogens (primary N) is 1. The minimum absolute atomic E-state index is 0. The van der Waals surface area contributed by atoms with E-state index in [1.54, 1.807) is 24.3 Å². The van der Waals surface area contributed by atoms with Crippen molar-refractivity contribution in [2.45, 2.75) is 25.0 Å². The number of thiazole rings is 1. The molecule has 1 aromatic carbocycles. The van der Waals surface area contributed by atoms with Crippen LogP contribution in [0.3, 0.4) is 0 Å². The third-order valence-corrected chi connectivity index (χ3v) is 5.25. The van der Waals surface area contributed by atoms with E-state index in [9.17, 15) is 13.2 Å². The minimum Gasteiger partial charge on any atom is -0.364 e. The van der Waals surface area contributed by atoms with Crippen LogP contribution in [0.25, 0.3) is 11.3 Å². The predicted octanol–water partition coefficient (Wildman–Crippen LogP) is 2.05. The molecular weight excluding hydrogens is 412 g/mol. The maximum Gasteiger partial charge on any atom is 0.255 e. The number of amides is 1. The summed E-state index contributed by atoms with van der Waals surface area (Å²) in [6.07, 6.45) is 1.99. The fraction of sp³-hybridized carbons (Fsp3) is 0.375. The number of nitrogens with one attached hydrogen (secondary N) is 2. The lowest BCUT2D eigenvalue weighted by molar-refractivity contribution is -0.126. The second-order valence-corrected chi connectivity index (χ2v) is 8.65. The number of halogens is 1. The van der Waals surface area contributed by atoms with Gasteiger partial charge in [0.25, 0.3) is 5.91 Å². The van der Waals surface area contributed by atoms with E-state index in [4.69, 9.17) is 10.5 Å². The summed E-state index contributed by atoms with van der Waals surface area (Å²) in [7, 11) is -3.31. The Morgan fingerprint density at radius 1 is 1.33 bits per heavy atom. The molecular formula is C16H21ClN4O4S2. The van der Waals surface area contributed by atoms with Crippen LogP contribution in [-0.2, 0) is 19.6 Å². The number of nitrogens with zero attached hydrogens (tertiary/aromatic N) is 1. The number of aromatic nitrogens is 1. The predicted molar refractivity (Wildman–Crippen MR) is 109 cm³/mol. The molecule has 2 heterocycles. The summed E-state index contributed by atoms with van der Waals surface area (Å²) < 4.78 is 30.4. The molecule has 3 rings (SSSR count). The molecule has 4 N–H and O–H groups in total. The molecule has 0 unspecified atom stereocenters. The molecule has 1 saturated heterocycles. The van der Waals surface area contributed by atoms with Crippen LogP contribution in [0.4, 0.5) is 10.8 Å². The van der Waals surface area contributed by atoms with Crippen LogP contribution >= 0.6 is 23.7 Å². The lowest BCUT2D eigenvalue weighted by Crippen LogP contribution is -2.29. The van der Waals surface area contributed by atoms with Gasteiger partial charge in [-0.1, -0.05) is 12.1 Å². The number of rotatable bonds is 6. The highest BCUT2D eigenvalue weighted by Crippen LogP contribution is 2.27. The second-order valence-electron chi connectivity index (χ2n) is 6.04. The van der Waals surface area contributed by atoms with E-state index in [2.05, 4.69) is 15.0 Å². The normalized spacial score (nSPS) is 19.3. The summed E-state index contributed by atoms with van der Waals surface area (Å²) in [5.74, 6) is -0.213. The van der Waals surface area contributed by atoms with Crippen molar-refractivity contribution in [2.24, 2.45) is 5.73 Å². The third-order valence-electron chi connectivity index (χ3n) is 3.88. The number of anilines is 2. The van der Waals surface area contributed by atoms with Gasteiger partial charge < -0.3 is 10.5 Å². The summed E-state index contributed by atoms with van der Waals surface area (Å²) >= 11 is 1.32. The highest BCUT2D eigenvalue weighted by atomic mass is 35.5. The minimum atomic E-state index is -3.31. The number of sulfonamides is 1. The standard InChI is InChI=1S/C16H20N4O4S2.ClH/c1-26(22,23)20-11-4-2-10(3-5-11)13-9-25-16(18-13)19-15(21)14-7-6-12(8-17)24-14;/h2-5,9,12,14,20H,6-8,17H2,1H3,(H,18,19,21);1H/t12-,14+;/m1./s1. The lowest BCUT2D eigenvalue weighted by Gasteiger charge is -2.11. The summed E-state index contributed by atoms with van der Waals surface area (Å²) in [4.78, 5) is 16.6. The van der Waals surface area contributed by atoms with Crippen molar-refractivity contribution in [1.82, 2.24) is 4.98 Å². The van der Waals surface area contributed by atoms with E-state index < -0.39 is 16.1 Å². The van der Waals surface area contributed by atoms with E-state index >= 15 is 0 Å². The quantitative estimate of drug-likeness (QED) is 0.641. The molecule has 1 aliphatic heterocycles. The summed E-state index contributed by atoms with van der Waals surface area (Å²) in [6.45, 7) is 0.412. The molecule has 2 atom stereocenters. The van der Waals surface area contributed by atoms with Crippen molar-refractivity contribution >= 4 is 50.5 Å². The molecule has 1 fully saturated rings. The second kappa shape index (κ2) is 8.98. The van der Waals surface area contributed by atoms with Gasteiger partial charge in [0.1, 0.15) is 6.10 Å². The van der Waals surface area contributed by atoms with Gasteiger partial charge in [-0.25, -0.2) is 13.4 Å². The lowest BCUT2D eigenvalue weighted by atomic mass is 10.1. The van der Waals surface area contributed by atoms with E-state index in [1.165, 1.54) is 11.3 Å². The van der Waals surface area contributed by atoms with Gasteiger partial charge in [0.2, 0.25) is 10.0 Å². The molecule has 8 nitrogen and oxygen atoms in total. The van der Waals surface area contributed by atoms with E-state index in [0.29, 0.717) is 29.5 Å². The average Bonchev–Trinajstić information content (AvgIpc) is 3.23. The Morgan fingerprint density at radius 3 is 2.63 bits per heavy atom. The molecule has 1 aromatic heterocycles. The molecule has 0 aliphatic carbocycles. The molecule has 0 bridgehead atoms. The van der Waals surface area contributed by atoms with Crippen LogP contribution in [0.1, 0.15) is 12.8 Å². The number of benzene rings is 1. The maximum atomic E-state index is 12.2. The summed E-state index contributed by atoms with van der Waals surface area (Å²) in [6, 6.07) is 6.85. The fourth-order valence-electron chi connectivity index (χ4n) is 2.64.